The average Bonchev–Trinajstić information content (AvgIpc) is 2.41. The van der Waals surface area contributed by atoms with Crippen molar-refractivity contribution < 1.29 is 9.18 Å². The number of nitrogens with one attached hydrogen (secondary N) is 1. The highest BCUT2D eigenvalue weighted by molar-refractivity contribution is 6.30. The van der Waals surface area contributed by atoms with Crippen LogP contribution in [0, 0.1) is 5.82 Å². The van der Waals surface area contributed by atoms with Crippen LogP contribution < -0.4 is 11.1 Å². The molecule has 0 aliphatic heterocycles. The molecule has 0 saturated carbocycles. The van der Waals surface area contributed by atoms with Gasteiger partial charge in [-0.2, -0.15) is 0 Å². The Morgan fingerprint density at radius 2 is 1.95 bits per heavy atom. The van der Waals surface area contributed by atoms with Crippen LogP contribution in [0.5, 0.6) is 0 Å². The van der Waals surface area contributed by atoms with Gasteiger partial charge in [0.15, 0.2) is 0 Å². The molecule has 0 saturated heterocycles. The Hall–Kier alpha value is -2.07. The van der Waals surface area contributed by atoms with Crippen molar-refractivity contribution in [2.75, 3.05) is 5.32 Å². The number of nitrogens with two attached hydrogens (primary N) is 1. The van der Waals surface area contributed by atoms with E-state index in [2.05, 4.69) is 5.32 Å². The third-order valence-electron chi connectivity index (χ3n) is 3.26. The number of anilines is 1. The number of primary amides is 1. The number of hydrogen-bond donors (Lipinski definition) is 2. The molecule has 0 bridgehead atoms. The van der Waals surface area contributed by atoms with Gasteiger partial charge in [-0.3, -0.25) is 4.79 Å². The molecule has 5 heteroatoms. The van der Waals surface area contributed by atoms with E-state index >= 15 is 0 Å². The number of amides is 1. The third-order valence-corrected chi connectivity index (χ3v) is 3.51. The predicted molar refractivity (Wildman–Crippen MR) is 82.8 cm³/mol. The van der Waals surface area contributed by atoms with E-state index in [9.17, 15) is 9.18 Å². The van der Waals surface area contributed by atoms with E-state index in [-0.39, 0.29) is 5.82 Å². The molecule has 0 spiro atoms. The van der Waals surface area contributed by atoms with Crippen LogP contribution in [0.15, 0.2) is 48.5 Å². The minimum absolute atomic E-state index is 0.371. The summed E-state index contributed by atoms with van der Waals surface area (Å²) in [6.45, 7) is 1.69. The van der Waals surface area contributed by atoms with Gasteiger partial charge < -0.3 is 11.1 Å². The molecule has 2 rings (SSSR count). The van der Waals surface area contributed by atoms with Crippen LogP contribution in [-0.4, -0.2) is 11.4 Å². The van der Waals surface area contributed by atoms with Crippen LogP contribution in [0.2, 0.25) is 5.02 Å². The van der Waals surface area contributed by atoms with Crippen LogP contribution >= 0.6 is 11.6 Å². The summed E-state index contributed by atoms with van der Waals surface area (Å²) in [4.78, 5) is 11.8. The van der Waals surface area contributed by atoms with E-state index in [1.165, 1.54) is 12.1 Å². The van der Waals surface area contributed by atoms with Crippen molar-refractivity contribution in [3.8, 4) is 0 Å². The molecule has 2 aromatic rings. The van der Waals surface area contributed by atoms with Gasteiger partial charge in [0.1, 0.15) is 11.4 Å². The van der Waals surface area contributed by atoms with E-state index in [4.69, 9.17) is 17.3 Å². The average molecular weight is 307 g/mol. The Bertz CT molecular complexity index is 645. The maximum atomic E-state index is 13.2. The first-order chi connectivity index (χ1) is 9.89. The Morgan fingerprint density at radius 3 is 2.52 bits per heavy atom. The Labute approximate surface area is 127 Å². The lowest BCUT2D eigenvalue weighted by Gasteiger charge is -2.29. The van der Waals surface area contributed by atoms with E-state index in [1.807, 2.05) is 12.1 Å². The van der Waals surface area contributed by atoms with Crippen molar-refractivity contribution in [2.24, 2.45) is 5.73 Å². The molecule has 3 nitrogen and oxygen atoms in total. The summed E-state index contributed by atoms with van der Waals surface area (Å²) in [6, 6.07) is 13.1. The number of rotatable bonds is 5. The van der Waals surface area contributed by atoms with Crippen molar-refractivity contribution in [3.05, 3.63) is 64.9 Å². The second-order valence-corrected chi connectivity index (χ2v) is 5.57. The normalized spacial score (nSPS) is 13.5. The predicted octanol–water partition coefficient (Wildman–Crippen LogP) is 3.38. The number of benzene rings is 2. The molecular weight excluding hydrogens is 291 g/mol. The van der Waals surface area contributed by atoms with Crippen molar-refractivity contribution >= 4 is 23.2 Å². The first-order valence-electron chi connectivity index (χ1n) is 6.47. The zero-order chi connectivity index (χ0) is 15.5. The topological polar surface area (TPSA) is 55.1 Å². The second-order valence-electron chi connectivity index (χ2n) is 5.13. The second kappa shape index (κ2) is 6.14. The molecule has 21 heavy (non-hydrogen) atoms. The standard InChI is InChI=1S/C16H16ClFN2O/c1-16(15(19)21,10-11-5-7-12(17)8-6-11)20-14-4-2-3-13(18)9-14/h2-9,20H,10H2,1H3,(H2,19,21). The first-order valence-corrected chi connectivity index (χ1v) is 6.85. The van der Waals surface area contributed by atoms with Gasteiger partial charge in [0.2, 0.25) is 5.91 Å². The SMILES string of the molecule is CC(Cc1ccc(Cl)cc1)(Nc1cccc(F)c1)C(N)=O. The van der Waals surface area contributed by atoms with E-state index in [1.54, 1.807) is 31.2 Å². The Balaban J connectivity index is 2.23. The van der Waals surface area contributed by atoms with Gasteiger partial charge in [-0.05, 0) is 42.8 Å². The lowest BCUT2D eigenvalue weighted by molar-refractivity contribution is -0.121. The summed E-state index contributed by atoms with van der Waals surface area (Å²) in [6.07, 6.45) is 0.371. The van der Waals surface area contributed by atoms with Gasteiger partial charge >= 0.3 is 0 Å². The highest BCUT2D eigenvalue weighted by Gasteiger charge is 2.31. The largest absolute Gasteiger partial charge is 0.371 e. The summed E-state index contributed by atoms with van der Waals surface area (Å²) in [5.41, 5.74) is 5.90. The summed E-state index contributed by atoms with van der Waals surface area (Å²) in [7, 11) is 0. The van der Waals surface area contributed by atoms with Gasteiger partial charge in [-0.15, -0.1) is 0 Å². The van der Waals surface area contributed by atoms with Crippen LogP contribution in [0.4, 0.5) is 10.1 Å². The highest BCUT2D eigenvalue weighted by atomic mass is 35.5. The molecule has 1 atom stereocenters. The number of carbonyl (C=O) groups is 1. The van der Waals surface area contributed by atoms with Crippen molar-refractivity contribution in [2.45, 2.75) is 18.9 Å². The molecule has 0 aliphatic carbocycles. The minimum atomic E-state index is -1.03. The summed E-state index contributed by atoms with van der Waals surface area (Å²) in [5, 5.41) is 3.63. The fraction of sp³-hybridized carbons (Fsp3) is 0.188. The van der Waals surface area contributed by atoms with Gasteiger partial charge in [-0.1, -0.05) is 29.8 Å². The number of halogens is 2. The monoisotopic (exact) mass is 306 g/mol. The van der Waals surface area contributed by atoms with Crippen LogP contribution in [0.3, 0.4) is 0 Å². The molecule has 1 amide bonds. The molecule has 0 heterocycles. The fourth-order valence-electron chi connectivity index (χ4n) is 2.09. The first kappa shape index (κ1) is 15.3. The molecule has 110 valence electrons. The van der Waals surface area contributed by atoms with Crippen molar-refractivity contribution in [3.63, 3.8) is 0 Å². The molecule has 3 N–H and O–H groups in total. The van der Waals surface area contributed by atoms with Crippen LogP contribution in [0.1, 0.15) is 12.5 Å². The summed E-state index contributed by atoms with van der Waals surface area (Å²) >= 11 is 5.84. The van der Waals surface area contributed by atoms with Gasteiger partial charge in [0, 0.05) is 17.1 Å². The summed E-state index contributed by atoms with van der Waals surface area (Å²) < 4.78 is 13.2. The quantitative estimate of drug-likeness (QED) is 0.890. The Morgan fingerprint density at radius 1 is 1.29 bits per heavy atom. The maximum Gasteiger partial charge on any atom is 0.243 e. The third kappa shape index (κ3) is 3.95. The van der Waals surface area contributed by atoms with Gasteiger partial charge in [0.25, 0.3) is 0 Å². The van der Waals surface area contributed by atoms with Crippen molar-refractivity contribution in [1.82, 2.24) is 0 Å². The highest BCUT2D eigenvalue weighted by Crippen LogP contribution is 2.21. The minimum Gasteiger partial charge on any atom is -0.371 e. The lowest BCUT2D eigenvalue weighted by Crippen LogP contribution is -2.49. The molecule has 2 aromatic carbocycles. The molecule has 0 aliphatic rings. The molecule has 1 unspecified atom stereocenters. The maximum absolute atomic E-state index is 13.2. The fourth-order valence-corrected chi connectivity index (χ4v) is 2.21. The van der Waals surface area contributed by atoms with Crippen molar-refractivity contribution in [1.29, 1.82) is 0 Å². The van der Waals surface area contributed by atoms with Gasteiger partial charge in [-0.25, -0.2) is 4.39 Å². The number of hydrogen-bond acceptors (Lipinski definition) is 2. The van der Waals surface area contributed by atoms with E-state index in [0.717, 1.165) is 5.56 Å². The Kier molecular flexibility index (Phi) is 4.48. The lowest BCUT2D eigenvalue weighted by atomic mass is 9.91. The molecular formula is C16H16ClFN2O. The smallest absolute Gasteiger partial charge is 0.243 e. The molecule has 0 aromatic heterocycles. The zero-order valence-corrected chi connectivity index (χ0v) is 12.3. The number of carbonyl (C=O) groups excluding carboxylic acids is 1. The molecule has 0 fully saturated rings. The molecule has 0 radical (unpaired) electrons. The van der Waals surface area contributed by atoms with Crippen LogP contribution in [0.25, 0.3) is 0 Å². The van der Waals surface area contributed by atoms with E-state index in [0.29, 0.717) is 17.1 Å². The van der Waals surface area contributed by atoms with Crippen LogP contribution in [-0.2, 0) is 11.2 Å². The summed E-state index contributed by atoms with van der Waals surface area (Å²) in [5.74, 6) is -0.889. The zero-order valence-electron chi connectivity index (χ0n) is 11.6. The van der Waals surface area contributed by atoms with E-state index < -0.39 is 11.4 Å². The van der Waals surface area contributed by atoms with Gasteiger partial charge in [0.05, 0.1) is 0 Å².